The van der Waals surface area contributed by atoms with Crippen LogP contribution in [-0.4, -0.2) is 55.2 Å². The van der Waals surface area contributed by atoms with Crippen LogP contribution in [0.4, 0.5) is 4.79 Å². The van der Waals surface area contributed by atoms with Crippen molar-refractivity contribution in [3.05, 3.63) is 0 Å². The van der Waals surface area contributed by atoms with E-state index < -0.39 is 11.9 Å². The van der Waals surface area contributed by atoms with E-state index in [0.717, 1.165) is 32.5 Å². The van der Waals surface area contributed by atoms with Crippen LogP contribution < -0.4 is 10.6 Å². The summed E-state index contributed by atoms with van der Waals surface area (Å²) < 4.78 is 0. The molecule has 122 valence electrons. The van der Waals surface area contributed by atoms with Gasteiger partial charge in [0.15, 0.2) is 0 Å². The zero-order valence-corrected chi connectivity index (χ0v) is 13.4. The highest BCUT2D eigenvalue weighted by molar-refractivity contribution is 5.76. The number of carbonyl (C=O) groups is 2. The third-order valence-corrected chi connectivity index (χ3v) is 3.90. The minimum Gasteiger partial charge on any atom is -0.481 e. The first-order valence-electron chi connectivity index (χ1n) is 7.84. The molecule has 2 amide bonds. The zero-order valence-electron chi connectivity index (χ0n) is 13.4. The third kappa shape index (κ3) is 6.33. The van der Waals surface area contributed by atoms with Gasteiger partial charge in [0, 0.05) is 19.6 Å². The van der Waals surface area contributed by atoms with Gasteiger partial charge in [-0.05, 0) is 44.7 Å². The zero-order chi connectivity index (χ0) is 15.8. The number of hydrogen-bond acceptors (Lipinski definition) is 3. The Kier molecular flexibility index (Phi) is 7.50. The van der Waals surface area contributed by atoms with Crippen LogP contribution in [0.25, 0.3) is 0 Å². The summed E-state index contributed by atoms with van der Waals surface area (Å²) in [5, 5.41) is 15.1. The first-order valence-corrected chi connectivity index (χ1v) is 7.84. The fourth-order valence-electron chi connectivity index (χ4n) is 2.87. The SMILES string of the molecule is CNCC1CCCN(C(=O)NCC(CC(C)C)C(=O)O)C1. The third-order valence-electron chi connectivity index (χ3n) is 3.90. The van der Waals surface area contributed by atoms with E-state index in [-0.39, 0.29) is 12.6 Å². The minimum atomic E-state index is -0.837. The lowest BCUT2D eigenvalue weighted by Crippen LogP contribution is -2.48. The monoisotopic (exact) mass is 299 g/mol. The fraction of sp³-hybridized carbons (Fsp3) is 0.867. The van der Waals surface area contributed by atoms with Gasteiger partial charge in [-0.1, -0.05) is 13.8 Å². The molecule has 0 aromatic carbocycles. The van der Waals surface area contributed by atoms with Gasteiger partial charge in [-0.15, -0.1) is 0 Å². The standard InChI is InChI=1S/C15H29N3O3/c1-11(2)7-13(14(19)20)9-17-15(21)18-6-4-5-12(10-18)8-16-3/h11-13,16H,4-10H2,1-3H3,(H,17,21)(H,19,20). The molecule has 2 unspecified atom stereocenters. The summed E-state index contributed by atoms with van der Waals surface area (Å²) in [5.41, 5.74) is 0. The fourth-order valence-corrected chi connectivity index (χ4v) is 2.87. The Morgan fingerprint density at radius 2 is 2.10 bits per heavy atom. The number of urea groups is 1. The van der Waals surface area contributed by atoms with E-state index in [4.69, 9.17) is 0 Å². The van der Waals surface area contributed by atoms with Crippen molar-refractivity contribution in [3.63, 3.8) is 0 Å². The van der Waals surface area contributed by atoms with Crippen molar-refractivity contribution >= 4 is 12.0 Å². The molecular formula is C15H29N3O3. The van der Waals surface area contributed by atoms with E-state index in [1.165, 1.54) is 0 Å². The van der Waals surface area contributed by atoms with Crippen LogP contribution in [0.1, 0.15) is 33.1 Å². The summed E-state index contributed by atoms with van der Waals surface area (Å²) in [4.78, 5) is 25.2. The van der Waals surface area contributed by atoms with Gasteiger partial charge < -0.3 is 20.6 Å². The number of amides is 2. The van der Waals surface area contributed by atoms with Crippen molar-refractivity contribution in [1.82, 2.24) is 15.5 Å². The first kappa shape index (κ1) is 17.8. The molecule has 0 spiro atoms. The van der Waals surface area contributed by atoms with Gasteiger partial charge in [0.05, 0.1) is 5.92 Å². The number of hydrogen-bond donors (Lipinski definition) is 3. The molecule has 3 N–H and O–H groups in total. The molecule has 0 aromatic heterocycles. The van der Waals surface area contributed by atoms with Gasteiger partial charge in [-0.3, -0.25) is 4.79 Å². The van der Waals surface area contributed by atoms with Crippen LogP contribution in [0.5, 0.6) is 0 Å². The molecule has 6 heteroatoms. The maximum absolute atomic E-state index is 12.2. The maximum atomic E-state index is 12.2. The molecule has 1 aliphatic heterocycles. The molecule has 0 aromatic rings. The Hall–Kier alpha value is -1.30. The molecule has 0 aliphatic carbocycles. The van der Waals surface area contributed by atoms with Crippen molar-refractivity contribution in [2.45, 2.75) is 33.1 Å². The second-order valence-corrected chi connectivity index (χ2v) is 6.36. The number of aliphatic carboxylic acids is 1. The van der Waals surface area contributed by atoms with Crippen LogP contribution in [0.3, 0.4) is 0 Å². The van der Waals surface area contributed by atoms with Gasteiger partial charge in [-0.25, -0.2) is 4.79 Å². The van der Waals surface area contributed by atoms with Crippen molar-refractivity contribution in [2.75, 3.05) is 33.2 Å². The summed E-state index contributed by atoms with van der Waals surface area (Å²) in [7, 11) is 1.92. The van der Waals surface area contributed by atoms with Gasteiger partial charge in [0.2, 0.25) is 0 Å². The van der Waals surface area contributed by atoms with Crippen molar-refractivity contribution < 1.29 is 14.7 Å². The number of carbonyl (C=O) groups excluding carboxylic acids is 1. The van der Waals surface area contributed by atoms with Crippen LogP contribution in [-0.2, 0) is 4.79 Å². The first-order chi connectivity index (χ1) is 9.93. The molecule has 21 heavy (non-hydrogen) atoms. The Labute approximate surface area is 127 Å². The minimum absolute atomic E-state index is 0.134. The van der Waals surface area contributed by atoms with E-state index in [2.05, 4.69) is 10.6 Å². The summed E-state index contributed by atoms with van der Waals surface area (Å²) in [6.45, 7) is 6.60. The average molecular weight is 299 g/mol. The molecule has 1 aliphatic rings. The Balaban J connectivity index is 2.42. The quantitative estimate of drug-likeness (QED) is 0.663. The summed E-state index contributed by atoms with van der Waals surface area (Å²) >= 11 is 0. The highest BCUT2D eigenvalue weighted by Crippen LogP contribution is 2.16. The highest BCUT2D eigenvalue weighted by Gasteiger charge is 2.25. The largest absolute Gasteiger partial charge is 0.481 e. The van der Waals surface area contributed by atoms with Crippen molar-refractivity contribution in [1.29, 1.82) is 0 Å². The van der Waals surface area contributed by atoms with E-state index >= 15 is 0 Å². The number of nitrogens with zero attached hydrogens (tertiary/aromatic N) is 1. The highest BCUT2D eigenvalue weighted by atomic mass is 16.4. The number of piperidine rings is 1. The molecule has 0 radical (unpaired) electrons. The molecule has 1 saturated heterocycles. The Morgan fingerprint density at radius 1 is 1.38 bits per heavy atom. The van der Waals surface area contributed by atoms with Crippen LogP contribution in [0.15, 0.2) is 0 Å². The Morgan fingerprint density at radius 3 is 2.67 bits per heavy atom. The summed E-state index contributed by atoms with van der Waals surface area (Å²) in [5.74, 6) is -0.555. The molecule has 0 bridgehead atoms. The van der Waals surface area contributed by atoms with Gasteiger partial charge >= 0.3 is 12.0 Å². The number of nitrogens with one attached hydrogen (secondary N) is 2. The van der Waals surface area contributed by atoms with Crippen LogP contribution >= 0.6 is 0 Å². The van der Waals surface area contributed by atoms with Crippen LogP contribution in [0, 0.1) is 17.8 Å². The van der Waals surface area contributed by atoms with Gasteiger partial charge in [0.25, 0.3) is 0 Å². The van der Waals surface area contributed by atoms with E-state index in [1.54, 1.807) is 4.90 Å². The van der Waals surface area contributed by atoms with Gasteiger partial charge in [-0.2, -0.15) is 0 Å². The smallest absolute Gasteiger partial charge is 0.317 e. The molecule has 1 fully saturated rings. The number of rotatable bonds is 7. The normalized spacial score (nSPS) is 20.4. The summed E-state index contributed by atoms with van der Waals surface area (Å²) in [6.07, 6.45) is 2.72. The number of likely N-dealkylation sites (tertiary alicyclic amines) is 1. The lowest BCUT2D eigenvalue weighted by atomic mass is 9.97. The second kappa shape index (κ2) is 8.87. The second-order valence-electron chi connectivity index (χ2n) is 6.36. The molecule has 6 nitrogen and oxygen atoms in total. The summed E-state index contributed by atoms with van der Waals surface area (Å²) in [6, 6.07) is -0.134. The molecule has 1 rings (SSSR count). The van der Waals surface area contributed by atoms with E-state index in [0.29, 0.717) is 18.3 Å². The lowest BCUT2D eigenvalue weighted by molar-refractivity contribution is -0.142. The maximum Gasteiger partial charge on any atom is 0.317 e. The van der Waals surface area contributed by atoms with Gasteiger partial charge in [0.1, 0.15) is 0 Å². The van der Waals surface area contributed by atoms with Crippen LogP contribution in [0.2, 0.25) is 0 Å². The molecule has 0 saturated carbocycles. The lowest BCUT2D eigenvalue weighted by Gasteiger charge is -2.33. The molecule has 2 atom stereocenters. The molecular weight excluding hydrogens is 270 g/mol. The molecule has 1 heterocycles. The number of carboxylic acid groups (broad SMARTS) is 1. The van der Waals surface area contributed by atoms with Crippen molar-refractivity contribution in [3.8, 4) is 0 Å². The number of carboxylic acids is 1. The predicted octanol–water partition coefficient (Wildman–Crippen LogP) is 1.37. The predicted molar refractivity (Wildman–Crippen MR) is 82.2 cm³/mol. The Bertz CT molecular complexity index is 345. The van der Waals surface area contributed by atoms with Crippen molar-refractivity contribution in [2.24, 2.45) is 17.8 Å². The topological polar surface area (TPSA) is 81.7 Å². The van der Waals surface area contributed by atoms with E-state index in [1.807, 2.05) is 20.9 Å². The van der Waals surface area contributed by atoms with E-state index in [9.17, 15) is 14.7 Å². The average Bonchev–Trinajstić information content (AvgIpc) is 2.43.